The molecule has 3 rings (SSSR count). The smallest absolute Gasteiger partial charge is 0.123 e. The van der Waals surface area contributed by atoms with E-state index in [0.29, 0.717) is 18.7 Å². The Morgan fingerprint density at radius 1 is 1.36 bits per heavy atom. The maximum absolute atomic E-state index is 5.95. The first kappa shape index (κ1) is 15.6. The summed E-state index contributed by atoms with van der Waals surface area (Å²) in [4.78, 5) is 7.23. The summed E-state index contributed by atoms with van der Waals surface area (Å²) in [6, 6.07) is 10.7. The Bertz CT molecular complexity index is 587. The summed E-state index contributed by atoms with van der Waals surface area (Å²) < 4.78 is 5.49. The summed E-state index contributed by atoms with van der Waals surface area (Å²) in [5.74, 6) is 0. The molecule has 22 heavy (non-hydrogen) atoms. The number of methoxy groups -OCH3 is 1. The number of piperidine rings is 1. The van der Waals surface area contributed by atoms with E-state index in [9.17, 15) is 0 Å². The van der Waals surface area contributed by atoms with Gasteiger partial charge in [0.15, 0.2) is 0 Å². The third-order valence-electron chi connectivity index (χ3n) is 4.33. The zero-order chi connectivity index (χ0) is 15.4. The largest absolute Gasteiger partial charge is 0.381 e. The molecule has 0 saturated carbocycles. The van der Waals surface area contributed by atoms with E-state index in [-0.39, 0.29) is 0 Å². The highest BCUT2D eigenvalue weighted by Crippen LogP contribution is 2.26. The highest BCUT2D eigenvalue weighted by Gasteiger charge is 2.27. The van der Waals surface area contributed by atoms with Crippen molar-refractivity contribution in [1.82, 2.24) is 9.88 Å². The number of rotatable bonds is 5. The molecule has 0 bridgehead atoms. The van der Waals surface area contributed by atoms with E-state index in [4.69, 9.17) is 15.5 Å². The van der Waals surface area contributed by atoms with Gasteiger partial charge >= 0.3 is 0 Å². The molecule has 2 aromatic rings. The molecule has 2 N–H and O–H groups in total. The number of nitrogens with zero attached hydrogens (tertiary/aromatic N) is 2. The van der Waals surface area contributed by atoms with E-state index < -0.39 is 0 Å². The van der Waals surface area contributed by atoms with Crippen molar-refractivity contribution in [2.45, 2.75) is 31.5 Å². The molecule has 0 spiro atoms. The molecule has 0 aliphatic carbocycles. The molecule has 1 aliphatic rings. The van der Waals surface area contributed by atoms with Gasteiger partial charge in [0.25, 0.3) is 0 Å². The molecule has 1 aromatic carbocycles. The predicted octanol–water partition coefficient (Wildman–Crippen LogP) is 2.75. The first-order valence-corrected chi connectivity index (χ1v) is 8.65. The summed E-state index contributed by atoms with van der Waals surface area (Å²) in [5, 5.41) is 3.25. The van der Waals surface area contributed by atoms with Crippen LogP contribution in [-0.2, 0) is 11.3 Å². The molecule has 2 atom stereocenters. The van der Waals surface area contributed by atoms with Crippen molar-refractivity contribution >= 4 is 11.3 Å². The lowest BCUT2D eigenvalue weighted by molar-refractivity contribution is 0.00985. The minimum atomic E-state index is 0.347. The highest BCUT2D eigenvalue weighted by molar-refractivity contribution is 7.13. The van der Waals surface area contributed by atoms with E-state index in [1.54, 1.807) is 18.4 Å². The molecule has 1 saturated heterocycles. The molecule has 1 aliphatic heterocycles. The van der Waals surface area contributed by atoms with Crippen molar-refractivity contribution in [3.8, 4) is 10.6 Å². The Kier molecular flexibility index (Phi) is 5.20. The summed E-state index contributed by atoms with van der Waals surface area (Å²) in [6.07, 6.45) is 2.44. The van der Waals surface area contributed by atoms with Gasteiger partial charge < -0.3 is 10.5 Å². The fourth-order valence-corrected chi connectivity index (χ4v) is 3.85. The van der Waals surface area contributed by atoms with E-state index in [0.717, 1.165) is 36.6 Å². The van der Waals surface area contributed by atoms with E-state index in [1.165, 1.54) is 5.56 Å². The van der Waals surface area contributed by atoms with E-state index in [2.05, 4.69) is 34.5 Å². The van der Waals surface area contributed by atoms with Gasteiger partial charge in [-0.3, -0.25) is 4.90 Å². The number of nitrogens with two attached hydrogens (primary N) is 1. The third-order valence-corrected chi connectivity index (χ3v) is 5.27. The molecule has 2 unspecified atom stereocenters. The molecule has 2 heterocycles. The standard InChI is InChI=1S/C17H23N3OS/c1-21-16-7-8-20(15(9-16)10-18)11-14-12-22-17(19-14)13-5-3-2-4-6-13/h2-6,12,15-16H,7-11,18H2,1H3. The fourth-order valence-electron chi connectivity index (χ4n) is 3.03. The Labute approximate surface area is 135 Å². The van der Waals surface area contributed by atoms with E-state index in [1.807, 2.05) is 6.07 Å². The zero-order valence-corrected chi connectivity index (χ0v) is 13.8. The summed E-state index contributed by atoms with van der Waals surface area (Å²) in [5.41, 5.74) is 8.27. The van der Waals surface area contributed by atoms with Gasteiger partial charge in [0.05, 0.1) is 11.8 Å². The number of ether oxygens (including phenoxy) is 1. The first-order chi connectivity index (χ1) is 10.8. The van der Waals surface area contributed by atoms with Crippen LogP contribution < -0.4 is 5.73 Å². The minimum Gasteiger partial charge on any atom is -0.381 e. The zero-order valence-electron chi connectivity index (χ0n) is 12.9. The van der Waals surface area contributed by atoms with Crippen LogP contribution in [0.15, 0.2) is 35.7 Å². The van der Waals surface area contributed by atoms with Crippen LogP contribution in [0, 0.1) is 0 Å². The molecule has 1 aromatic heterocycles. The molecule has 4 nitrogen and oxygen atoms in total. The van der Waals surface area contributed by atoms with Crippen molar-refractivity contribution in [2.24, 2.45) is 5.73 Å². The molecule has 0 radical (unpaired) electrons. The van der Waals surface area contributed by atoms with Gasteiger partial charge in [0, 0.05) is 43.7 Å². The molecular weight excluding hydrogens is 294 g/mol. The lowest BCUT2D eigenvalue weighted by Gasteiger charge is -2.38. The summed E-state index contributed by atoms with van der Waals surface area (Å²) in [6.45, 7) is 2.58. The number of hydrogen-bond donors (Lipinski definition) is 1. The number of aromatic nitrogens is 1. The van der Waals surface area contributed by atoms with E-state index >= 15 is 0 Å². The number of likely N-dealkylation sites (tertiary alicyclic amines) is 1. The molecule has 0 amide bonds. The maximum Gasteiger partial charge on any atom is 0.123 e. The van der Waals surface area contributed by atoms with Gasteiger partial charge in [-0.15, -0.1) is 11.3 Å². The number of thiazole rings is 1. The quantitative estimate of drug-likeness (QED) is 0.921. The normalized spacial score (nSPS) is 22.8. The molecular formula is C17H23N3OS. The molecule has 118 valence electrons. The average molecular weight is 317 g/mol. The second kappa shape index (κ2) is 7.33. The van der Waals surface area contributed by atoms with Crippen LogP contribution in [0.3, 0.4) is 0 Å². The highest BCUT2D eigenvalue weighted by atomic mass is 32.1. The van der Waals surface area contributed by atoms with Gasteiger partial charge in [0.2, 0.25) is 0 Å². The van der Waals surface area contributed by atoms with Crippen LogP contribution in [0.1, 0.15) is 18.5 Å². The summed E-state index contributed by atoms with van der Waals surface area (Å²) >= 11 is 1.71. The van der Waals surface area contributed by atoms with Gasteiger partial charge in [-0.1, -0.05) is 30.3 Å². The lowest BCUT2D eigenvalue weighted by Crippen LogP contribution is -2.48. The first-order valence-electron chi connectivity index (χ1n) is 7.77. The lowest BCUT2D eigenvalue weighted by atomic mass is 9.99. The Balaban J connectivity index is 1.67. The third kappa shape index (κ3) is 3.55. The Morgan fingerprint density at radius 3 is 2.91 bits per heavy atom. The average Bonchev–Trinajstić information content (AvgIpc) is 3.04. The van der Waals surface area contributed by atoms with Crippen molar-refractivity contribution < 1.29 is 4.74 Å². The van der Waals surface area contributed by atoms with Crippen LogP contribution >= 0.6 is 11.3 Å². The van der Waals surface area contributed by atoms with Crippen LogP contribution in [-0.4, -0.2) is 42.2 Å². The van der Waals surface area contributed by atoms with Crippen molar-refractivity contribution in [2.75, 3.05) is 20.2 Å². The van der Waals surface area contributed by atoms with Crippen LogP contribution in [0.4, 0.5) is 0 Å². The van der Waals surface area contributed by atoms with Crippen molar-refractivity contribution in [3.05, 3.63) is 41.4 Å². The molecule has 5 heteroatoms. The summed E-state index contributed by atoms with van der Waals surface area (Å²) in [7, 11) is 1.79. The molecule has 1 fully saturated rings. The fraction of sp³-hybridized carbons (Fsp3) is 0.471. The van der Waals surface area contributed by atoms with Gasteiger partial charge in [0.1, 0.15) is 5.01 Å². The maximum atomic E-state index is 5.95. The SMILES string of the molecule is COC1CCN(Cc2csc(-c3ccccc3)n2)C(CN)C1. The number of benzene rings is 1. The van der Waals surface area contributed by atoms with Crippen LogP contribution in [0.25, 0.3) is 10.6 Å². The van der Waals surface area contributed by atoms with Crippen LogP contribution in [0.2, 0.25) is 0 Å². The van der Waals surface area contributed by atoms with Gasteiger partial charge in [-0.05, 0) is 12.8 Å². The van der Waals surface area contributed by atoms with Crippen molar-refractivity contribution in [1.29, 1.82) is 0 Å². The van der Waals surface area contributed by atoms with Crippen molar-refractivity contribution in [3.63, 3.8) is 0 Å². The van der Waals surface area contributed by atoms with Crippen LogP contribution in [0.5, 0.6) is 0 Å². The topological polar surface area (TPSA) is 51.4 Å². The minimum absolute atomic E-state index is 0.347. The van der Waals surface area contributed by atoms with Gasteiger partial charge in [-0.2, -0.15) is 0 Å². The van der Waals surface area contributed by atoms with Gasteiger partial charge in [-0.25, -0.2) is 4.98 Å². The predicted molar refractivity (Wildman–Crippen MR) is 90.8 cm³/mol. The second-order valence-corrected chi connectivity index (χ2v) is 6.61. The monoisotopic (exact) mass is 317 g/mol. The second-order valence-electron chi connectivity index (χ2n) is 5.75. The number of hydrogen-bond acceptors (Lipinski definition) is 5. The Morgan fingerprint density at radius 2 is 2.18 bits per heavy atom. The Hall–Kier alpha value is -1.27.